The van der Waals surface area contributed by atoms with Crippen molar-refractivity contribution in [1.82, 2.24) is 4.98 Å². The summed E-state index contributed by atoms with van der Waals surface area (Å²) in [5, 5.41) is 15.5. The van der Waals surface area contributed by atoms with E-state index >= 15 is 0 Å². The SMILES string of the molecule is CC(=O)Nc1cc(NC(=O)c2cc([N+](=O)[O-])ccc2Cl)ccc1Oc1ncc(C(F)(F)F)cc1Cl. The van der Waals surface area contributed by atoms with Crippen molar-refractivity contribution in [2.75, 3.05) is 10.6 Å². The van der Waals surface area contributed by atoms with E-state index in [0.29, 0.717) is 12.3 Å². The molecule has 0 aliphatic carbocycles. The second-order valence-electron chi connectivity index (χ2n) is 6.88. The van der Waals surface area contributed by atoms with Crippen LogP contribution in [0.2, 0.25) is 10.0 Å². The quantitative estimate of drug-likeness (QED) is 0.285. The van der Waals surface area contributed by atoms with Crippen LogP contribution in [0.5, 0.6) is 11.6 Å². The van der Waals surface area contributed by atoms with E-state index < -0.39 is 33.5 Å². The summed E-state index contributed by atoms with van der Waals surface area (Å²) in [5.74, 6) is -1.69. The number of hydrogen-bond donors (Lipinski definition) is 2. The van der Waals surface area contributed by atoms with Gasteiger partial charge in [0.1, 0.15) is 5.02 Å². The summed E-state index contributed by atoms with van der Waals surface area (Å²) in [5.41, 5.74) is -1.42. The minimum absolute atomic E-state index is 0.0261. The first-order valence-electron chi connectivity index (χ1n) is 9.42. The van der Waals surface area contributed by atoms with E-state index in [-0.39, 0.29) is 39.3 Å². The molecule has 0 atom stereocenters. The van der Waals surface area contributed by atoms with Gasteiger partial charge in [0.2, 0.25) is 11.8 Å². The summed E-state index contributed by atoms with van der Waals surface area (Å²) >= 11 is 11.9. The number of non-ortho nitro benzene ring substituents is 1. The standard InChI is InChI=1S/C21H13Cl2F3N4O5/c1-10(31)28-17-7-12(29-19(32)14-8-13(30(33)34)3-4-15(14)22)2-5-18(17)35-20-16(23)6-11(9-27-20)21(24,25)26/h2-9H,1H3,(H,28,31)(H,29,32). The zero-order valence-corrected chi connectivity index (χ0v) is 19.0. The van der Waals surface area contributed by atoms with Gasteiger partial charge in [-0.05, 0) is 30.3 Å². The van der Waals surface area contributed by atoms with Crippen LogP contribution in [0, 0.1) is 10.1 Å². The summed E-state index contributed by atoms with van der Waals surface area (Å²) in [6.07, 6.45) is -4.12. The van der Waals surface area contributed by atoms with E-state index in [4.69, 9.17) is 27.9 Å². The van der Waals surface area contributed by atoms with Crippen molar-refractivity contribution in [3.05, 3.63) is 79.9 Å². The Labute approximate surface area is 205 Å². The number of nitro groups is 1. The molecule has 0 aliphatic rings. The highest BCUT2D eigenvalue weighted by molar-refractivity contribution is 6.34. The van der Waals surface area contributed by atoms with Gasteiger partial charge in [-0.25, -0.2) is 4.98 Å². The maximum atomic E-state index is 12.8. The third kappa shape index (κ3) is 6.37. The summed E-state index contributed by atoms with van der Waals surface area (Å²) in [6, 6.07) is 7.92. The molecule has 35 heavy (non-hydrogen) atoms. The van der Waals surface area contributed by atoms with Crippen molar-refractivity contribution in [1.29, 1.82) is 0 Å². The molecule has 2 amide bonds. The number of carbonyl (C=O) groups excluding carboxylic acids is 2. The highest BCUT2D eigenvalue weighted by Crippen LogP contribution is 2.37. The number of nitrogens with zero attached hydrogens (tertiary/aromatic N) is 2. The van der Waals surface area contributed by atoms with Crippen molar-refractivity contribution in [3.8, 4) is 11.6 Å². The normalized spacial score (nSPS) is 11.0. The van der Waals surface area contributed by atoms with E-state index in [1.165, 1.54) is 31.2 Å². The molecule has 14 heteroatoms. The number of nitrogens with one attached hydrogen (secondary N) is 2. The zero-order valence-electron chi connectivity index (χ0n) is 17.4. The van der Waals surface area contributed by atoms with Crippen molar-refractivity contribution in [3.63, 3.8) is 0 Å². The Bertz CT molecular complexity index is 1330. The smallest absolute Gasteiger partial charge is 0.417 e. The molecule has 3 aromatic rings. The van der Waals surface area contributed by atoms with Crippen LogP contribution in [-0.2, 0) is 11.0 Å². The van der Waals surface area contributed by atoms with Crippen molar-refractivity contribution < 1.29 is 32.4 Å². The Morgan fingerprint density at radius 2 is 1.77 bits per heavy atom. The van der Waals surface area contributed by atoms with Crippen LogP contribution in [-0.4, -0.2) is 21.7 Å². The van der Waals surface area contributed by atoms with Gasteiger partial charge >= 0.3 is 6.18 Å². The first-order valence-corrected chi connectivity index (χ1v) is 10.2. The minimum Gasteiger partial charge on any atom is -0.435 e. The van der Waals surface area contributed by atoms with E-state index in [1.54, 1.807) is 0 Å². The fourth-order valence-electron chi connectivity index (χ4n) is 2.74. The summed E-state index contributed by atoms with van der Waals surface area (Å²) < 4.78 is 44.0. The highest BCUT2D eigenvalue weighted by Gasteiger charge is 2.32. The maximum absolute atomic E-state index is 12.8. The Balaban J connectivity index is 1.90. The number of benzene rings is 2. The summed E-state index contributed by atoms with van der Waals surface area (Å²) in [6.45, 7) is 1.20. The molecule has 0 spiro atoms. The van der Waals surface area contributed by atoms with Crippen molar-refractivity contribution in [2.45, 2.75) is 13.1 Å². The predicted molar refractivity (Wildman–Crippen MR) is 121 cm³/mol. The second kappa shape index (κ2) is 10.2. The molecule has 1 aromatic heterocycles. The van der Waals surface area contributed by atoms with Crippen molar-refractivity contribution >= 4 is 52.1 Å². The molecule has 0 saturated heterocycles. The third-order valence-corrected chi connectivity index (χ3v) is 4.90. The Hall–Kier alpha value is -3.90. The average molecular weight is 529 g/mol. The Morgan fingerprint density at radius 1 is 1.06 bits per heavy atom. The third-order valence-electron chi connectivity index (χ3n) is 4.29. The van der Waals surface area contributed by atoms with Crippen LogP contribution in [0.1, 0.15) is 22.8 Å². The van der Waals surface area contributed by atoms with E-state index in [9.17, 15) is 32.9 Å². The number of aromatic nitrogens is 1. The topological polar surface area (TPSA) is 123 Å². The first-order chi connectivity index (χ1) is 16.3. The number of pyridine rings is 1. The number of anilines is 2. The number of hydrogen-bond acceptors (Lipinski definition) is 6. The van der Waals surface area contributed by atoms with Gasteiger partial charge in [0, 0.05) is 30.9 Å². The number of carbonyl (C=O) groups is 2. The molecule has 0 bridgehead atoms. The molecule has 0 fully saturated rings. The Kier molecular flexibility index (Phi) is 7.46. The minimum atomic E-state index is -4.65. The van der Waals surface area contributed by atoms with Crippen LogP contribution < -0.4 is 15.4 Å². The van der Waals surface area contributed by atoms with E-state index in [0.717, 1.165) is 12.1 Å². The van der Waals surface area contributed by atoms with Crippen LogP contribution in [0.4, 0.5) is 30.2 Å². The van der Waals surface area contributed by atoms with Crippen LogP contribution >= 0.6 is 23.2 Å². The Morgan fingerprint density at radius 3 is 2.37 bits per heavy atom. The molecular weight excluding hydrogens is 516 g/mol. The first kappa shape index (κ1) is 25.7. The molecule has 0 radical (unpaired) electrons. The highest BCUT2D eigenvalue weighted by atomic mass is 35.5. The molecule has 0 aliphatic heterocycles. The van der Waals surface area contributed by atoms with Crippen LogP contribution in [0.3, 0.4) is 0 Å². The van der Waals surface area contributed by atoms with Crippen LogP contribution in [0.25, 0.3) is 0 Å². The molecule has 2 aromatic carbocycles. The van der Waals surface area contributed by atoms with Gasteiger partial charge in [-0.3, -0.25) is 19.7 Å². The molecule has 0 unspecified atom stereocenters. The average Bonchev–Trinajstić information content (AvgIpc) is 2.75. The molecule has 1 heterocycles. The maximum Gasteiger partial charge on any atom is 0.417 e. The molecule has 2 N–H and O–H groups in total. The summed E-state index contributed by atoms with van der Waals surface area (Å²) in [4.78, 5) is 38.1. The molecule has 182 valence electrons. The van der Waals surface area contributed by atoms with E-state index in [2.05, 4.69) is 15.6 Å². The number of rotatable bonds is 6. The monoisotopic (exact) mass is 528 g/mol. The van der Waals surface area contributed by atoms with Crippen LogP contribution in [0.15, 0.2) is 48.7 Å². The van der Waals surface area contributed by atoms with Gasteiger partial charge in [-0.15, -0.1) is 0 Å². The number of alkyl halides is 3. The second-order valence-corrected chi connectivity index (χ2v) is 7.69. The molecule has 9 nitrogen and oxygen atoms in total. The molecule has 3 rings (SSSR count). The van der Waals surface area contributed by atoms with Gasteiger partial charge in [0.15, 0.2) is 5.75 Å². The van der Waals surface area contributed by atoms with Gasteiger partial charge in [-0.2, -0.15) is 13.2 Å². The fraction of sp³-hybridized carbons (Fsp3) is 0.0952. The van der Waals surface area contributed by atoms with Gasteiger partial charge in [-0.1, -0.05) is 23.2 Å². The lowest BCUT2D eigenvalue weighted by molar-refractivity contribution is -0.384. The summed E-state index contributed by atoms with van der Waals surface area (Å²) in [7, 11) is 0. The lowest BCUT2D eigenvalue weighted by Crippen LogP contribution is -2.14. The van der Waals surface area contributed by atoms with Gasteiger partial charge < -0.3 is 15.4 Å². The fourth-order valence-corrected chi connectivity index (χ4v) is 3.15. The molecule has 0 saturated carbocycles. The lowest BCUT2D eigenvalue weighted by Gasteiger charge is -2.15. The lowest BCUT2D eigenvalue weighted by atomic mass is 10.1. The number of halogens is 5. The molecular formula is C21H13Cl2F3N4O5. The van der Waals surface area contributed by atoms with Crippen molar-refractivity contribution in [2.24, 2.45) is 0 Å². The predicted octanol–water partition coefficient (Wildman–Crippen LogP) is 6.32. The van der Waals surface area contributed by atoms with Gasteiger partial charge in [0.25, 0.3) is 11.6 Å². The zero-order chi connectivity index (χ0) is 25.9. The largest absolute Gasteiger partial charge is 0.435 e. The van der Waals surface area contributed by atoms with Gasteiger partial charge in [0.05, 0.1) is 26.8 Å². The number of nitro benzene ring substituents is 1. The number of amides is 2. The van der Waals surface area contributed by atoms with E-state index in [1.807, 2.05) is 0 Å². The number of ether oxygens (including phenoxy) is 1.